The highest BCUT2D eigenvalue weighted by Crippen LogP contribution is 2.28. The van der Waals surface area contributed by atoms with E-state index in [2.05, 4.69) is 10.3 Å². The lowest BCUT2D eigenvalue weighted by molar-refractivity contribution is 0.104. The van der Waals surface area contributed by atoms with E-state index in [-0.39, 0.29) is 5.78 Å². The molecule has 0 amide bonds. The van der Waals surface area contributed by atoms with Crippen LogP contribution in [0.15, 0.2) is 42.1 Å². The molecule has 1 aromatic carbocycles. The first-order chi connectivity index (χ1) is 8.24. The van der Waals surface area contributed by atoms with Crippen molar-refractivity contribution in [2.75, 3.05) is 5.32 Å². The first-order valence-corrected chi connectivity index (χ1v) is 5.52. The number of aryl methyl sites for hydroxylation is 1. The van der Waals surface area contributed by atoms with Crippen molar-refractivity contribution >= 4 is 17.5 Å². The minimum Gasteiger partial charge on any atom is -0.359 e. The number of benzene rings is 1. The average molecular weight is 224 g/mol. The molecule has 0 bridgehead atoms. The fraction of sp³-hybridized carbons (Fsp3) is 0.0714. The van der Waals surface area contributed by atoms with Crippen molar-refractivity contribution in [2.45, 2.75) is 6.92 Å². The number of allylic oxidation sites excluding steroid dienone is 1. The van der Waals surface area contributed by atoms with Gasteiger partial charge in [0.1, 0.15) is 0 Å². The molecule has 0 atom stereocenters. The maximum absolute atomic E-state index is 12.1. The topological polar surface area (TPSA) is 44.9 Å². The van der Waals surface area contributed by atoms with Gasteiger partial charge in [-0.25, -0.2) is 0 Å². The third kappa shape index (κ3) is 1.65. The van der Waals surface area contributed by atoms with Gasteiger partial charge in [0.15, 0.2) is 0 Å². The van der Waals surface area contributed by atoms with Gasteiger partial charge in [-0.05, 0) is 37.3 Å². The first-order valence-electron chi connectivity index (χ1n) is 5.52. The molecule has 0 radical (unpaired) electrons. The number of fused-ring (bicyclic) bond motifs is 1. The van der Waals surface area contributed by atoms with Gasteiger partial charge in [-0.3, -0.25) is 4.79 Å². The number of aromatic nitrogens is 1. The van der Waals surface area contributed by atoms with Gasteiger partial charge in [0.25, 0.3) is 0 Å². The number of Topliss-reactive ketones (excluding diaryl/α,β-unsaturated/α-hetero) is 1. The summed E-state index contributed by atoms with van der Waals surface area (Å²) in [6.45, 7) is 1.99. The highest BCUT2D eigenvalue weighted by molar-refractivity contribution is 6.20. The quantitative estimate of drug-likeness (QED) is 0.731. The Morgan fingerprint density at radius 1 is 1.12 bits per heavy atom. The highest BCUT2D eigenvalue weighted by atomic mass is 16.1. The van der Waals surface area contributed by atoms with Crippen LogP contribution in [0.4, 0.5) is 5.69 Å². The lowest BCUT2D eigenvalue weighted by atomic mass is 10.1. The van der Waals surface area contributed by atoms with Crippen LogP contribution in [-0.2, 0) is 0 Å². The second-order valence-corrected chi connectivity index (χ2v) is 4.15. The van der Waals surface area contributed by atoms with Gasteiger partial charge in [0, 0.05) is 22.6 Å². The predicted molar refractivity (Wildman–Crippen MR) is 67.9 cm³/mol. The van der Waals surface area contributed by atoms with E-state index in [0.717, 1.165) is 22.6 Å². The van der Waals surface area contributed by atoms with Crippen molar-refractivity contribution in [3.8, 4) is 0 Å². The SMILES string of the molecule is Cc1ccc(/C=C2/Nc3ccccc3C2=O)[nH]1. The van der Waals surface area contributed by atoms with E-state index >= 15 is 0 Å². The van der Waals surface area contributed by atoms with Crippen molar-refractivity contribution in [2.24, 2.45) is 0 Å². The molecule has 1 aromatic heterocycles. The lowest BCUT2D eigenvalue weighted by Gasteiger charge is -1.96. The van der Waals surface area contributed by atoms with Crippen molar-refractivity contribution in [1.82, 2.24) is 4.98 Å². The number of carbonyl (C=O) groups excluding carboxylic acids is 1. The molecule has 2 heterocycles. The molecule has 0 spiro atoms. The number of ketones is 1. The Labute approximate surface area is 99.2 Å². The Hall–Kier alpha value is -2.29. The van der Waals surface area contributed by atoms with E-state index in [1.54, 1.807) is 0 Å². The standard InChI is InChI=1S/C14H12N2O/c1-9-6-7-10(15-9)8-13-14(17)11-4-2-3-5-12(11)16-13/h2-8,15-16H,1H3/b13-8+. The van der Waals surface area contributed by atoms with E-state index in [1.807, 2.05) is 49.4 Å². The van der Waals surface area contributed by atoms with Crippen molar-refractivity contribution < 1.29 is 4.79 Å². The van der Waals surface area contributed by atoms with Gasteiger partial charge in [-0.2, -0.15) is 0 Å². The smallest absolute Gasteiger partial charge is 0.211 e. The zero-order chi connectivity index (χ0) is 11.8. The van der Waals surface area contributed by atoms with E-state index in [9.17, 15) is 4.79 Å². The number of hydrogen-bond donors (Lipinski definition) is 2. The molecule has 17 heavy (non-hydrogen) atoms. The Morgan fingerprint density at radius 2 is 1.94 bits per heavy atom. The van der Waals surface area contributed by atoms with Gasteiger partial charge in [0.05, 0.1) is 5.70 Å². The highest BCUT2D eigenvalue weighted by Gasteiger charge is 2.23. The molecule has 0 unspecified atom stereocenters. The van der Waals surface area contributed by atoms with Crippen molar-refractivity contribution in [1.29, 1.82) is 0 Å². The molecular formula is C14H12N2O. The first kappa shape index (κ1) is 9.90. The Morgan fingerprint density at radius 3 is 2.65 bits per heavy atom. The van der Waals surface area contributed by atoms with E-state index in [4.69, 9.17) is 0 Å². The molecular weight excluding hydrogens is 212 g/mol. The van der Waals surface area contributed by atoms with Crippen LogP contribution in [0.2, 0.25) is 0 Å². The average Bonchev–Trinajstić information content (AvgIpc) is 2.86. The zero-order valence-corrected chi connectivity index (χ0v) is 9.45. The van der Waals surface area contributed by atoms with Crippen LogP contribution in [0.25, 0.3) is 6.08 Å². The fourth-order valence-electron chi connectivity index (χ4n) is 2.00. The molecule has 0 saturated heterocycles. The zero-order valence-electron chi connectivity index (χ0n) is 9.45. The molecule has 3 nitrogen and oxygen atoms in total. The normalized spacial score (nSPS) is 16.1. The van der Waals surface area contributed by atoms with Crippen LogP contribution >= 0.6 is 0 Å². The number of H-pyrrole nitrogens is 1. The molecule has 0 fully saturated rings. The van der Waals surface area contributed by atoms with Crippen LogP contribution < -0.4 is 5.32 Å². The van der Waals surface area contributed by atoms with Gasteiger partial charge in [-0.15, -0.1) is 0 Å². The molecule has 3 heteroatoms. The molecule has 1 aliphatic heterocycles. The molecule has 0 saturated carbocycles. The summed E-state index contributed by atoms with van der Waals surface area (Å²) in [5.74, 6) is 0.0489. The minimum atomic E-state index is 0.0489. The summed E-state index contributed by atoms with van der Waals surface area (Å²) in [5.41, 5.74) is 4.26. The number of nitrogens with one attached hydrogen (secondary N) is 2. The van der Waals surface area contributed by atoms with Gasteiger partial charge in [-0.1, -0.05) is 12.1 Å². The summed E-state index contributed by atoms with van der Waals surface area (Å²) in [6.07, 6.45) is 1.84. The summed E-state index contributed by atoms with van der Waals surface area (Å²) >= 11 is 0. The van der Waals surface area contributed by atoms with Crippen LogP contribution in [-0.4, -0.2) is 10.8 Å². The maximum atomic E-state index is 12.1. The van der Waals surface area contributed by atoms with Crippen LogP contribution in [0.1, 0.15) is 21.7 Å². The molecule has 1 aliphatic rings. The fourth-order valence-corrected chi connectivity index (χ4v) is 2.00. The number of anilines is 1. The Balaban J connectivity index is 1.99. The lowest BCUT2D eigenvalue weighted by Crippen LogP contribution is -1.99. The Bertz CT molecular complexity index is 623. The Kier molecular flexibility index (Phi) is 2.11. The summed E-state index contributed by atoms with van der Waals surface area (Å²) in [5, 5.41) is 3.13. The summed E-state index contributed by atoms with van der Waals surface area (Å²) in [4.78, 5) is 15.2. The monoisotopic (exact) mass is 224 g/mol. The van der Waals surface area contributed by atoms with Crippen molar-refractivity contribution in [3.05, 3.63) is 59.0 Å². The summed E-state index contributed by atoms with van der Waals surface area (Å²) in [6, 6.07) is 11.5. The molecule has 0 aliphatic carbocycles. The third-order valence-electron chi connectivity index (χ3n) is 2.84. The number of para-hydroxylation sites is 1. The minimum absolute atomic E-state index is 0.0489. The van der Waals surface area contributed by atoms with Gasteiger partial charge < -0.3 is 10.3 Å². The van der Waals surface area contributed by atoms with Crippen LogP contribution in [0, 0.1) is 6.92 Å². The second kappa shape index (κ2) is 3.63. The molecule has 3 rings (SSSR count). The van der Waals surface area contributed by atoms with E-state index in [0.29, 0.717) is 5.70 Å². The maximum Gasteiger partial charge on any atom is 0.211 e. The second-order valence-electron chi connectivity index (χ2n) is 4.15. The van der Waals surface area contributed by atoms with E-state index < -0.39 is 0 Å². The van der Waals surface area contributed by atoms with Crippen LogP contribution in [0.3, 0.4) is 0 Å². The number of rotatable bonds is 1. The summed E-state index contributed by atoms with van der Waals surface area (Å²) < 4.78 is 0. The third-order valence-corrected chi connectivity index (χ3v) is 2.84. The number of hydrogen-bond acceptors (Lipinski definition) is 2. The van der Waals surface area contributed by atoms with Crippen molar-refractivity contribution in [3.63, 3.8) is 0 Å². The predicted octanol–water partition coefficient (Wildman–Crippen LogP) is 2.97. The van der Waals surface area contributed by atoms with E-state index in [1.165, 1.54) is 0 Å². The van der Waals surface area contributed by atoms with Gasteiger partial charge in [0.2, 0.25) is 5.78 Å². The summed E-state index contributed by atoms with van der Waals surface area (Å²) in [7, 11) is 0. The largest absolute Gasteiger partial charge is 0.359 e. The molecule has 2 aromatic rings. The number of carbonyl (C=O) groups is 1. The molecule has 84 valence electrons. The van der Waals surface area contributed by atoms with Crippen LogP contribution in [0.5, 0.6) is 0 Å². The van der Waals surface area contributed by atoms with Gasteiger partial charge >= 0.3 is 0 Å². The molecule has 2 N–H and O–H groups in total. The number of aromatic amines is 1.